The molecule has 134 valence electrons. The predicted molar refractivity (Wildman–Crippen MR) is 106 cm³/mol. The van der Waals surface area contributed by atoms with Crippen LogP contribution in [0.5, 0.6) is 0 Å². The van der Waals surface area contributed by atoms with Gasteiger partial charge in [0, 0.05) is 29.2 Å². The Morgan fingerprint density at radius 3 is 2.92 bits per heavy atom. The molecule has 7 heteroatoms. The molecular weight excluding hydrogens is 366 g/mol. The van der Waals surface area contributed by atoms with E-state index in [2.05, 4.69) is 46.0 Å². The van der Waals surface area contributed by atoms with E-state index in [1.807, 2.05) is 25.2 Å². The standard InChI is InChI=1S/C19H19N3O2S2/c1-12(20-2)10-16-21-19(24-22-16)18-14(11-26-17-8-5-9-25-17)13-6-3-4-7-15(13)23-18/h3-9,12,20H,10-11H2,1-2H3. The zero-order chi connectivity index (χ0) is 17.9. The van der Waals surface area contributed by atoms with Crippen molar-refractivity contribution in [1.29, 1.82) is 0 Å². The Hall–Kier alpha value is -2.09. The lowest BCUT2D eigenvalue weighted by molar-refractivity contribution is 0.408. The third-order valence-electron chi connectivity index (χ3n) is 4.20. The van der Waals surface area contributed by atoms with Gasteiger partial charge in [0.1, 0.15) is 5.58 Å². The van der Waals surface area contributed by atoms with E-state index < -0.39 is 0 Å². The van der Waals surface area contributed by atoms with E-state index in [9.17, 15) is 0 Å². The number of para-hydroxylation sites is 1. The van der Waals surface area contributed by atoms with Crippen LogP contribution in [0.15, 0.2) is 54.9 Å². The fourth-order valence-corrected chi connectivity index (χ4v) is 4.52. The minimum atomic E-state index is 0.282. The number of fused-ring (bicyclic) bond motifs is 1. The Balaban J connectivity index is 1.68. The van der Waals surface area contributed by atoms with Crippen molar-refractivity contribution in [2.75, 3.05) is 7.05 Å². The molecule has 3 aromatic heterocycles. The smallest absolute Gasteiger partial charge is 0.293 e. The average Bonchev–Trinajstić information content (AvgIpc) is 3.39. The molecule has 26 heavy (non-hydrogen) atoms. The van der Waals surface area contributed by atoms with Gasteiger partial charge in [-0.05, 0) is 31.5 Å². The Labute approximate surface area is 159 Å². The maximum absolute atomic E-state index is 6.08. The van der Waals surface area contributed by atoms with Gasteiger partial charge in [0.05, 0.1) is 4.21 Å². The van der Waals surface area contributed by atoms with Gasteiger partial charge in [-0.25, -0.2) is 0 Å². The lowest BCUT2D eigenvalue weighted by Crippen LogP contribution is -2.24. The van der Waals surface area contributed by atoms with Gasteiger partial charge < -0.3 is 14.3 Å². The van der Waals surface area contributed by atoms with Crippen LogP contribution in [0.25, 0.3) is 22.6 Å². The Kier molecular flexibility index (Phi) is 5.10. The summed E-state index contributed by atoms with van der Waals surface area (Å²) in [5, 5.41) is 10.5. The molecule has 0 spiro atoms. The molecule has 0 aliphatic rings. The second-order valence-corrected chi connectivity index (χ2v) is 8.26. The van der Waals surface area contributed by atoms with E-state index in [4.69, 9.17) is 8.94 Å². The van der Waals surface area contributed by atoms with Gasteiger partial charge in [-0.15, -0.1) is 23.1 Å². The number of likely N-dealkylation sites (N-methyl/N-ethyl adjacent to an activating group) is 1. The number of hydrogen-bond donors (Lipinski definition) is 1. The van der Waals surface area contributed by atoms with Crippen molar-refractivity contribution >= 4 is 34.1 Å². The second kappa shape index (κ2) is 7.65. The van der Waals surface area contributed by atoms with Gasteiger partial charge in [-0.3, -0.25) is 0 Å². The van der Waals surface area contributed by atoms with Crippen LogP contribution < -0.4 is 5.32 Å². The van der Waals surface area contributed by atoms with Crippen LogP contribution in [0.1, 0.15) is 18.3 Å². The number of thioether (sulfide) groups is 1. The van der Waals surface area contributed by atoms with Gasteiger partial charge in [-0.2, -0.15) is 4.98 Å². The SMILES string of the molecule is CNC(C)Cc1noc(-c2oc3ccccc3c2CSc2cccs2)n1. The zero-order valence-corrected chi connectivity index (χ0v) is 16.2. The van der Waals surface area contributed by atoms with Crippen LogP contribution in [0.4, 0.5) is 0 Å². The molecule has 5 nitrogen and oxygen atoms in total. The van der Waals surface area contributed by atoms with Crippen molar-refractivity contribution in [1.82, 2.24) is 15.5 Å². The molecule has 1 N–H and O–H groups in total. The Morgan fingerprint density at radius 2 is 2.12 bits per heavy atom. The van der Waals surface area contributed by atoms with Crippen molar-refractivity contribution in [2.45, 2.75) is 29.3 Å². The third kappa shape index (κ3) is 3.56. The van der Waals surface area contributed by atoms with Crippen LogP contribution in [0, 0.1) is 0 Å². The molecule has 0 aliphatic carbocycles. The third-order valence-corrected chi connectivity index (χ3v) is 6.35. The van der Waals surface area contributed by atoms with E-state index in [1.165, 1.54) is 4.21 Å². The molecule has 0 bridgehead atoms. The zero-order valence-electron chi connectivity index (χ0n) is 14.6. The summed E-state index contributed by atoms with van der Waals surface area (Å²) in [5.41, 5.74) is 1.93. The van der Waals surface area contributed by atoms with Crippen LogP contribution in [0.3, 0.4) is 0 Å². The van der Waals surface area contributed by atoms with Crippen LogP contribution >= 0.6 is 23.1 Å². The molecular formula is C19H19N3O2S2. The molecule has 0 radical (unpaired) electrons. The minimum Gasteiger partial charge on any atom is -0.451 e. The van der Waals surface area contributed by atoms with Crippen molar-refractivity contribution in [3.8, 4) is 11.7 Å². The summed E-state index contributed by atoms with van der Waals surface area (Å²) >= 11 is 3.53. The fourth-order valence-electron chi connectivity index (χ4n) is 2.71. The number of hydrogen-bond acceptors (Lipinski definition) is 7. The van der Waals surface area contributed by atoms with Crippen LogP contribution in [-0.4, -0.2) is 23.2 Å². The van der Waals surface area contributed by atoms with Crippen LogP contribution in [-0.2, 0) is 12.2 Å². The average molecular weight is 386 g/mol. The highest BCUT2D eigenvalue weighted by Crippen LogP contribution is 2.37. The number of nitrogens with zero attached hydrogens (tertiary/aromatic N) is 2. The second-order valence-electron chi connectivity index (χ2n) is 6.04. The maximum atomic E-state index is 6.08. The van der Waals surface area contributed by atoms with Gasteiger partial charge in [0.25, 0.3) is 5.89 Å². The maximum Gasteiger partial charge on any atom is 0.293 e. The molecule has 4 aromatic rings. The van der Waals surface area contributed by atoms with Crippen molar-refractivity contribution in [2.24, 2.45) is 0 Å². The number of aromatic nitrogens is 2. The van der Waals surface area contributed by atoms with Crippen molar-refractivity contribution < 1.29 is 8.94 Å². The monoisotopic (exact) mass is 385 g/mol. The highest BCUT2D eigenvalue weighted by Gasteiger charge is 2.21. The van der Waals surface area contributed by atoms with E-state index in [-0.39, 0.29) is 6.04 Å². The van der Waals surface area contributed by atoms with E-state index in [1.54, 1.807) is 23.1 Å². The first-order valence-electron chi connectivity index (χ1n) is 8.41. The van der Waals surface area contributed by atoms with E-state index in [0.29, 0.717) is 23.9 Å². The molecule has 0 amide bonds. The summed E-state index contributed by atoms with van der Waals surface area (Å²) in [6.45, 7) is 2.08. The summed E-state index contributed by atoms with van der Waals surface area (Å²) in [5.74, 6) is 2.59. The number of furan rings is 1. The normalized spacial score (nSPS) is 12.7. The fraction of sp³-hybridized carbons (Fsp3) is 0.263. The van der Waals surface area contributed by atoms with Crippen molar-refractivity contribution in [3.63, 3.8) is 0 Å². The van der Waals surface area contributed by atoms with E-state index in [0.717, 1.165) is 22.3 Å². The molecule has 0 saturated carbocycles. The first-order chi connectivity index (χ1) is 12.7. The first-order valence-corrected chi connectivity index (χ1v) is 10.3. The minimum absolute atomic E-state index is 0.282. The number of thiophene rings is 1. The highest BCUT2D eigenvalue weighted by atomic mass is 32.2. The van der Waals surface area contributed by atoms with E-state index >= 15 is 0 Å². The molecule has 1 aromatic carbocycles. The Bertz CT molecular complexity index is 991. The summed E-state index contributed by atoms with van der Waals surface area (Å²) < 4.78 is 12.9. The largest absolute Gasteiger partial charge is 0.451 e. The molecule has 3 heterocycles. The van der Waals surface area contributed by atoms with Gasteiger partial charge in [0.15, 0.2) is 11.6 Å². The van der Waals surface area contributed by atoms with Gasteiger partial charge in [0.2, 0.25) is 0 Å². The quantitative estimate of drug-likeness (QED) is 0.452. The summed E-state index contributed by atoms with van der Waals surface area (Å²) in [6.07, 6.45) is 0.708. The lowest BCUT2D eigenvalue weighted by atomic mass is 10.1. The number of benzene rings is 1. The van der Waals surface area contributed by atoms with Gasteiger partial charge >= 0.3 is 0 Å². The van der Waals surface area contributed by atoms with Crippen molar-refractivity contribution in [3.05, 3.63) is 53.2 Å². The molecule has 0 fully saturated rings. The summed E-state index contributed by atoms with van der Waals surface area (Å²) in [6, 6.07) is 12.5. The number of rotatable bonds is 7. The van der Waals surface area contributed by atoms with Gasteiger partial charge in [-0.1, -0.05) is 29.4 Å². The topological polar surface area (TPSA) is 64.1 Å². The predicted octanol–water partition coefficient (Wildman–Crippen LogP) is 4.99. The first kappa shape index (κ1) is 17.3. The molecule has 1 unspecified atom stereocenters. The molecule has 1 atom stereocenters. The van der Waals surface area contributed by atoms with Crippen LogP contribution in [0.2, 0.25) is 0 Å². The lowest BCUT2D eigenvalue weighted by Gasteiger charge is -2.04. The highest BCUT2D eigenvalue weighted by molar-refractivity contribution is 8.00. The molecule has 0 saturated heterocycles. The Morgan fingerprint density at radius 1 is 1.23 bits per heavy atom. The molecule has 4 rings (SSSR count). The summed E-state index contributed by atoms with van der Waals surface area (Å²) in [4.78, 5) is 4.55. The number of nitrogens with one attached hydrogen (secondary N) is 1. The summed E-state index contributed by atoms with van der Waals surface area (Å²) in [7, 11) is 1.92. The molecule has 0 aliphatic heterocycles.